The molecule has 0 fully saturated rings. The summed E-state index contributed by atoms with van der Waals surface area (Å²) < 4.78 is 0. The van der Waals surface area contributed by atoms with Gasteiger partial charge in [-0.2, -0.15) is 0 Å². The van der Waals surface area contributed by atoms with E-state index in [0.29, 0.717) is 0 Å². The summed E-state index contributed by atoms with van der Waals surface area (Å²) in [6.07, 6.45) is 1.06. The zero-order valence-corrected chi connectivity index (χ0v) is 13.0. The molecule has 0 bridgehead atoms. The summed E-state index contributed by atoms with van der Waals surface area (Å²) in [5, 5.41) is 0. The molecule has 0 aliphatic carbocycles. The van der Waals surface area contributed by atoms with Crippen molar-refractivity contribution in [1.29, 1.82) is 0 Å². The molecule has 0 spiro atoms. The summed E-state index contributed by atoms with van der Waals surface area (Å²) in [5.74, 6) is 1.45. The highest BCUT2D eigenvalue weighted by molar-refractivity contribution is 5.63. The molecule has 1 aromatic rings. The molecule has 0 aromatic heterocycles. The van der Waals surface area contributed by atoms with Crippen LogP contribution in [0.5, 0.6) is 0 Å². The van der Waals surface area contributed by atoms with E-state index < -0.39 is 0 Å². The minimum absolute atomic E-state index is 0.726. The lowest BCUT2D eigenvalue weighted by Gasteiger charge is -2.26. The maximum absolute atomic E-state index is 4.23. The Morgan fingerprint density at radius 2 is 1.53 bits per heavy atom. The van der Waals surface area contributed by atoms with Crippen molar-refractivity contribution >= 4 is 5.57 Å². The maximum Gasteiger partial charge on any atom is 0.00220 e. The first-order valence-corrected chi connectivity index (χ1v) is 7.44. The van der Waals surface area contributed by atoms with Gasteiger partial charge in [0.1, 0.15) is 0 Å². The van der Waals surface area contributed by atoms with Crippen molar-refractivity contribution in [3.05, 3.63) is 42.5 Å². The van der Waals surface area contributed by atoms with Gasteiger partial charge in [-0.3, -0.25) is 0 Å². The zero-order valence-electron chi connectivity index (χ0n) is 13.0. The lowest BCUT2D eigenvalue weighted by molar-refractivity contribution is 0.224. The fourth-order valence-electron chi connectivity index (χ4n) is 2.40. The van der Waals surface area contributed by atoms with Crippen molar-refractivity contribution in [2.75, 3.05) is 19.6 Å². The predicted molar refractivity (Wildman–Crippen MR) is 86.2 cm³/mol. The van der Waals surface area contributed by atoms with Crippen molar-refractivity contribution in [2.24, 2.45) is 11.8 Å². The van der Waals surface area contributed by atoms with E-state index >= 15 is 0 Å². The van der Waals surface area contributed by atoms with Crippen molar-refractivity contribution in [3.8, 4) is 0 Å². The van der Waals surface area contributed by atoms with Crippen molar-refractivity contribution in [2.45, 2.75) is 34.1 Å². The zero-order chi connectivity index (χ0) is 14.3. The number of hydrogen-bond acceptors (Lipinski definition) is 1. The monoisotopic (exact) mass is 259 g/mol. The minimum Gasteiger partial charge on any atom is -0.302 e. The second-order valence-corrected chi connectivity index (χ2v) is 6.27. The fraction of sp³-hybridized carbons (Fsp3) is 0.556. The van der Waals surface area contributed by atoms with Gasteiger partial charge in [-0.05, 0) is 29.4 Å². The van der Waals surface area contributed by atoms with Crippen LogP contribution in [-0.2, 0) is 0 Å². The van der Waals surface area contributed by atoms with Crippen molar-refractivity contribution in [1.82, 2.24) is 4.90 Å². The first-order valence-electron chi connectivity index (χ1n) is 7.44. The number of nitrogens with zero attached hydrogens (tertiary/aromatic N) is 1. The average molecular weight is 259 g/mol. The van der Waals surface area contributed by atoms with Crippen LogP contribution in [0, 0.1) is 11.8 Å². The summed E-state index contributed by atoms with van der Waals surface area (Å²) in [7, 11) is 0. The third-order valence-electron chi connectivity index (χ3n) is 3.16. The highest BCUT2D eigenvalue weighted by atomic mass is 15.1. The second kappa shape index (κ2) is 8.16. The van der Waals surface area contributed by atoms with E-state index in [2.05, 4.69) is 69.5 Å². The van der Waals surface area contributed by atoms with E-state index in [-0.39, 0.29) is 0 Å². The molecule has 0 N–H and O–H groups in total. The minimum atomic E-state index is 0.726. The normalized spacial score (nSPS) is 11.5. The quantitative estimate of drug-likeness (QED) is 0.654. The Kier molecular flexibility index (Phi) is 6.86. The standard InChI is InChI=1S/C18H29N/c1-15(2)13-19(14-16(3)4)12-11-17(5)18-9-7-6-8-10-18/h6-10,15-16H,5,11-14H2,1-4H3. The molecule has 0 atom stereocenters. The summed E-state index contributed by atoms with van der Waals surface area (Å²) in [6, 6.07) is 10.5. The van der Waals surface area contributed by atoms with E-state index in [0.717, 1.165) is 24.8 Å². The molecule has 1 nitrogen and oxygen atoms in total. The molecule has 0 saturated heterocycles. The number of benzene rings is 1. The van der Waals surface area contributed by atoms with Crippen molar-refractivity contribution in [3.63, 3.8) is 0 Å². The van der Waals surface area contributed by atoms with Gasteiger partial charge in [0.05, 0.1) is 0 Å². The Bertz CT molecular complexity index is 355. The van der Waals surface area contributed by atoms with Crippen molar-refractivity contribution < 1.29 is 0 Å². The van der Waals surface area contributed by atoms with Gasteiger partial charge < -0.3 is 4.90 Å². The second-order valence-electron chi connectivity index (χ2n) is 6.27. The van der Waals surface area contributed by atoms with Gasteiger partial charge in [0.25, 0.3) is 0 Å². The molecular weight excluding hydrogens is 230 g/mol. The molecule has 1 heteroatoms. The molecule has 1 aromatic carbocycles. The Labute approximate surface area is 119 Å². The molecule has 0 aliphatic rings. The molecule has 0 heterocycles. The van der Waals surface area contributed by atoms with E-state index in [9.17, 15) is 0 Å². The Hall–Kier alpha value is -1.08. The lowest BCUT2D eigenvalue weighted by atomic mass is 10.0. The number of hydrogen-bond donors (Lipinski definition) is 0. The largest absolute Gasteiger partial charge is 0.302 e. The van der Waals surface area contributed by atoms with E-state index in [1.165, 1.54) is 24.2 Å². The van der Waals surface area contributed by atoms with Crippen LogP contribution in [0.1, 0.15) is 39.7 Å². The summed E-state index contributed by atoms with van der Waals surface area (Å²) in [6.45, 7) is 16.9. The molecular formula is C18H29N. The summed E-state index contributed by atoms with van der Waals surface area (Å²) in [5.41, 5.74) is 2.52. The van der Waals surface area contributed by atoms with Crippen LogP contribution in [0.2, 0.25) is 0 Å². The molecule has 0 amide bonds. The first kappa shape index (κ1) is 16.0. The van der Waals surface area contributed by atoms with Gasteiger partial charge in [0, 0.05) is 19.6 Å². The Morgan fingerprint density at radius 1 is 1.00 bits per heavy atom. The third kappa shape index (κ3) is 6.58. The summed E-state index contributed by atoms with van der Waals surface area (Å²) >= 11 is 0. The lowest BCUT2D eigenvalue weighted by Crippen LogP contribution is -2.32. The number of rotatable bonds is 8. The van der Waals surface area contributed by atoms with Gasteiger partial charge in [0.2, 0.25) is 0 Å². The van der Waals surface area contributed by atoms with Crippen LogP contribution >= 0.6 is 0 Å². The summed E-state index contributed by atoms with van der Waals surface area (Å²) in [4.78, 5) is 2.57. The smallest absolute Gasteiger partial charge is 0.00220 e. The van der Waals surface area contributed by atoms with Gasteiger partial charge in [0.15, 0.2) is 0 Å². The highest BCUT2D eigenvalue weighted by Gasteiger charge is 2.10. The molecule has 0 saturated carbocycles. The van der Waals surface area contributed by atoms with E-state index in [1.54, 1.807) is 0 Å². The van der Waals surface area contributed by atoms with E-state index in [4.69, 9.17) is 0 Å². The fourth-order valence-corrected chi connectivity index (χ4v) is 2.40. The first-order chi connectivity index (χ1) is 8.99. The van der Waals surface area contributed by atoms with Gasteiger partial charge in [-0.15, -0.1) is 0 Å². The van der Waals surface area contributed by atoms with Gasteiger partial charge >= 0.3 is 0 Å². The van der Waals surface area contributed by atoms with Crippen LogP contribution in [0.15, 0.2) is 36.9 Å². The van der Waals surface area contributed by atoms with Crippen LogP contribution in [0.4, 0.5) is 0 Å². The topological polar surface area (TPSA) is 3.24 Å². The molecule has 0 aliphatic heterocycles. The van der Waals surface area contributed by atoms with Gasteiger partial charge in [-0.25, -0.2) is 0 Å². The Balaban J connectivity index is 2.49. The predicted octanol–water partition coefficient (Wildman–Crippen LogP) is 4.70. The van der Waals surface area contributed by atoms with Crippen LogP contribution in [0.25, 0.3) is 5.57 Å². The molecule has 1 rings (SSSR count). The van der Waals surface area contributed by atoms with Crippen LogP contribution < -0.4 is 0 Å². The third-order valence-corrected chi connectivity index (χ3v) is 3.16. The van der Waals surface area contributed by atoms with Crippen LogP contribution in [0.3, 0.4) is 0 Å². The highest BCUT2D eigenvalue weighted by Crippen LogP contribution is 2.16. The molecule has 0 unspecified atom stereocenters. The van der Waals surface area contributed by atoms with Gasteiger partial charge in [-0.1, -0.05) is 64.6 Å². The molecule has 0 radical (unpaired) electrons. The Morgan fingerprint density at radius 3 is 2.00 bits per heavy atom. The molecule has 19 heavy (non-hydrogen) atoms. The SMILES string of the molecule is C=C(CCN(CC(C)C)CC(C)C)c1ccccc1. The average Bonchev–Trinajstić information content (AvgIpc) is 2.35. The van der Waals surface area contributed by atoms with E-state index in [1.807, 2.05) is 0 Å². The maximum atomic E-state index is 4.23. The molecule has 106 valence electrons. The van der Waals surface area contributed by atoms with Crippen LogP contribution in [-0.4, -0.2) is 24.5 Å².